The molecule has 0 aliphatic heterocycles. The van der Waals surface area contributed by atoms with Crippen molar-refractivity contribution in [3.05, 3.63) is 40.4 Å². The summed E-state index contributed by atoms with van der Waals surface area (Å²) < 4.78 is 0. The minimum Gasteiger partial charge on any atom is -0.508 e. The van der Waals surface area contributed by atoms with Gasteiger partial charge >= 0.3 is 0 Å². The highest BCUT2D eigenvalue weighted by atomic mass is 32.1. The molecule has 0 saturated carbocycles. The standard InChI is InChI=1S/C12H12N2O2S/c1-7-3-4-9(5-10(7)15)11(16)14-12-13-6-8(2)17-12/h3-6,15H,1-2H3,(H,13,14,16). The summed E-state index contributed by atoms with van der Waals surface area (Å²) >= 11 is 1.41. The van der Waals surface area contributed by atoms with E-state index in [4.69, 9.17) is 0 Å². The van der Waals surface area contributed by atoms with Gasteiger partial charge in [-0.25, -0.2) is 4.98 Å². The quantitative estimate of drug-likeness (QED) is 0.859. The first-order valence-corrected chi connectivity index (χ1v) is 5.91. The predicted molar refractivity (Wildman–Crippen MR) is 67.6 cm³/mol. The largest absolute Gasteiger partial charge is 0.508 e. The topological polar surface area (TPSA) is 62.2 Å². The molecule has 0 unspecified atom stereocenters. The third kappa shape index (κ3) is 2.62. The van der Waals surface area contributed by atoms with Crippen LogP contribution in [0.2, 0.25) is 0 Å². The number of amides is 1. The summed E-state index contributed by atoms with van der Waals surface area (Å²) in [6, 6.07) is 4.83. The van der Waals surface area contributed by atoms with Gasteiger partial charge in [-0.1, -0.05) is 6.07 Å². The number of benzene rings is 1. The van der Waals surface area contributed by atoms with Gasteiger partial charge in [0.25, 0.3) is 5.91 Å². The number of aromatic hydroxyl groups is 1. The summed E-state index contributed by atoms with van der Waals surface area (Å²) in [6.07, 6.45) is 1.70. The van der Waals surface area contributed by atoms with Crippen molar-refractivity contribution >= 4 is 22.4 Å². The van der Waals surface area contributed by atoms with Crippen LogP contribution in [0, 0.1) is 13.8 Å². The van der Waals surface area contributed by atoms with Gasteiger partial charge in [-0.15, -0.1) is 11.3 Å². The SMILES string of the molecule is Cc1cnc(NC(=O)c2ccc(C)c(O)c2)s1. The summed E-state index contributed by atoms with van der Waals surface area (Å²) in [5, 5.41) is 12.8. The van der Waals surface area contributed by atoms with E-state index in [1.54, 1.807) is 25.3 Å². The lowest BCUT2D eigenvalue weighted by molar-refractivity contribution is 0.102. The molecule has 0 aliphatic rings. The van der Waals surface area contributed by atoms with Gasteiger partial charge in [-0.2, -0.15) is 0 Å². The molecule has 0 radical (unpaired) electrons. The van der Waals surface area contributed by atoms with Crippen molar-refractivity contribution in [1.29, 1.82) is 0 Å². The molecule has 1 aromatic heterocycles. The number of anilines is 1. The minimum absolute atomic E-state index is 0.118. The second-order valence-electron chi connectivity index (χ2n) is 3.73. The molecular formula is C12H12N2O2S. The zero-order valence-electron chi connectivity index (χ0n) is 9.52. The van der Waals surface area contributed by atoms with Gasteiger partial charge in [0.1, 0.15) is 5.75 Å². The minimum atomic E-state index is -0.269. The molecule has 0 spiro atoms. The Morgan fingerprint density at radius 2 is 2.18 bits per heavy atom. The van der Waals surface area contributed by atoms with E-state index in [2.05, 4.69) is 10.3 Å². The van der Waals surface area contributed by atoms with Gasteiger partial charge in [0.15, 0.2) is 5.13 Å². The first-order chi connectivity index (χ1) is 8.06. The lowest BCUT2D eigenvalue weighted by Crippen LogP contribution is -2.11. The van der Waals surface area contributed by atoms with E-state index < -0.39 is 0 Å². The first kappa shape index (κ1) is 11.6. The van der Waals surface area contributed by atoms with Crippen LogP contribution >= 0.6 is 11.3 Å². The number of hydrogen-bond acceptors (Lipinski definition) is 4. The Balaban J connectivity index is 2.17. The maximum atomic E-state index is 11.8. The molecule has 0 fully saturated rings. The number of aromatic nitrogens is 1. The summed E-state index contributed by atoms with van der Waals surface area (Å²) in [4.78, 5) is 16.9. The Labute approximate surface area is 103 Å². The van der Waals surface area contributed by atoms with Crippen LogP contribution in [0.5, 0.6) is 5.75 Å². The molecule has 0 bridgehead atoms. The van der Waals surface area contributed by atoms with Crippen LogP contribution in [0.1, 0.15) is 20.8 Å². The van der Waals surface area contributed by atoms with Gasteiger partial charge in [-0.05, 0) is 31.5 Å². The highest BCUT2D eigenvalue weighted by molar-refractivity contribution is 7.15. The van der Waals surface area contributed by atoms with E-state index in [0.717, 1.165) is 10.4 Å². The van der Waals surface area contributed by atoms with E-state index in [0.29, 0.717) is 10.7 Å². The van der Waals surface area contributed by atoms with Crippen molar-refractivity contribution < 1.29 is 9.90 Å². The van der Waals surface area contributed by atoms with Crippen LogP contribution < -0.4 is 5.32 Å². The molecular weight excluding hydrogens is 236 g/mol. The normalized spacial score (nSPS) is 10.2. The van der Waals surface area contributed by atoms with Crippen molar-refractivity contribution in [1.82, 2.24) is 4.98 Å². The number of phenolic OH excluding ortho intramolecular Hbond substituents is 1. The second kappa shape index (κ2) is 4.55. The fourth-order valence-corrected chi connectivity index (χ4v) is 1.99. The van der Waals surface area contributed by atoms with Crippen LogP contribution in [0.15, 0.2) is 24.4 Å². The molecule has 2 aromatic rings. The summed E-state index contributed by atoms with van der Waals surface area (Å²) in [7, 11) is 0. The molecule has 4 nitrogen and oxygen atoms in total. The summed E-state index contributed by atoms with van der Waals surface area (Å²) in [5.74, 6) is -0.150. The van der Waals surface area contributed by atoms with Gasteiger partial charge in [-0.3, -0.25) is 10.1 Å². The van der Waals surface area contributed by atoms with Crippen LogP contribution in [0.25, 0.3) is 0 Å². The number of nitrogens with zero attached hydrogens (tertiary/aromatic N) is 1. The predicted octanol–water partition coefficient (Wildman–Crippen LogP) is 2.72. The van der Waals surface area contributed by atoms with Crippen molar-refractivity contribution in [3.8, 4) is 5.75 Å². The molecule has 17 heavy (non-hydrogen) atoms. The molecule has 88 valence electrons. The molecule has 2 rings (SSSR count). The summed E-state index contributed by atoms with van der Waals surface area (Å²) in [5.41, 5.74) is 1.16. The van der Waals surface area contributed by atoms with Crippen LogP contribution in [0.4, 0.5) is 5.13 Å². The molecule has 0 aliphatic carbocycles. The number of rotatable bonds is 2. The average Bonchev–Trinajstić information content (AvgIpc) is 2.68. The number of hydrogen-bond donors (Lipinski definition) is 2. The second-order valence-corrected chi connectivity index (χ2v) is 4.97. The fourth-order valence-electron chi connectivity index (χ4n) is 1.33. The number of nitrogens with one attached hydrogen (secondary N) is 1. The molecule has 1 aromatic carbocycles. The number of thiazole rings is 1. The zero-order valence-corrected chi connectivity index (χ0v) is 10.3. The molecule has 0 atom stereocenters. The molecule has 5 heteroatoms. The van der Waals surface area contributed by atoms with E-state index >= 15 is 0 Å². The van der Waals surface area contributed by atoms with Crippen molar-refractivity contribution in [2.45, 2.75) is 13.8 Å². The van der Waals surface area contributed by atoms with Crippen molar-refractivity contribution in [2.24, 2.45) is 0 Å². The molecule has 1 heterocycles. The Morgan fingerprint density at radius 1 is 1.41 bits per heavy atom. The van der Waals surface area contributed by atoms with E-state index in [-0.39, 0.29) is 11.7 Å². The van der Waals surface area contributed by atoms with Crippen molar-refractivity contribution in [3.63, 3.8) is 0 Å². The van der Waals surface area contributed by atoms with Gasteiger partial charge in [0, 0.05) is 16.6 Å². The Bertz CT molecular complexity index is 563. The molecule has 0 saturated heterocycles. The van der Waals surface area contributed by atoms with Crippen LogP contribution in [-0.4, -0.2) is 16.0 Å². The van der Waals surface area contributed by atoms with Crippen molar-refractivity contribution in [2.75, 3.05) is 5.32 Å². The number of carbonyl (C=O) groups excluding carboxylic acids is 1. The third-order valence-corrected chi connectivity index (χ3v) is 3.14. The number of aryl methyl sites for hydroxylation is 2. The first-order valence-electron chi connectivity index (χ1n) is 5.09. The Morgan fingerprint density at radius 3 is 2.76 bits per heavy atom. The van der Waals surface area contributed by atoms with Gasteiger partial charge < -0.3 is 5.11 Å². The zero-order chi connectivity index (χ0) is 12.4. The van der Waals surface area contributed by atoms with Gasteiger partial charge in [0.2, 0.25) is 0 Å². The van der Waals surface area contributed by atoms with Crippen LogP contribution in [0.3, 0.4) is 0 Å². The van der Waals surface area contributed by atoms with E-state index in [9.17, 15) is 9.90 Å². The van der Waals surface area contributed by atoms with Gasteiger partial charge in [0.05, 0.1) is 0 Å². The maximum absolute atomic E-state index is 11.8. The smallest absolute Gasteiger partial charge is 0.257 e. The van der Waals surface area contributed by atoms with E-state index in [1.807, 2.05) is 6.92 Å². The third-order valence-electron chi connectivity index (χ3n) is 2.31. The average molecular weight is 248 g/mol. The monoisotopic (exact) mass is 248 g/mol. The fraction of sp³-hybridized carbons (Fsp3) is 0.167. The highest BCUT2D eigenvalue weighted by Gasteiger charge is 2.09. The van der Waals surface area contributed by atoms with Crippen LogP contribution in [-0.2, 0) is 0 Å². The number of carbonyl (C=O) groups is 1. The maximum Gasteiger partial charge on any atom is 0.257 e. The lowest BCUT2D eigenvalue weighted by atomic mass is 10.1. The molecule has 2 N–H and O–H groups in total. The highest BCUT2D eigenvalue weighted by Crippen LogP contribution is 2.20. The number of phenols is 1. The lowest BCUT2D eigenvalue weighted by Gasteiger charge is -2.03. The molecule has 1 amide bonds. The summed E-state index contributed by atoms with van der Waals surface area (Å²) in [6.45, 7) is 3.70. The Kier molecular flexibility index (Phi) is 3.10. The Hall–Kier alpha value is -1.88. The van der Waals surface area contributed by atoms with E-state index in [1.165, 1.54) is 17.4 Å².